The van der Waals surface area contributed by atoms with E-state index < -0.39 is 0 Å². The first-order chi connectivity index (χ1) is 7.07. The molecule has 2 aliphatic rings. The van der Waals surface area contributed by atoms with Crippen molar-refractivity contribution in [2.75, 3.05) is 0 Å². The Bertz CT molecular complexity index is 417. The lowest BCUT2D eigenvalue weighted by molar-refractivity contribution is 0.501. The minimum absolute atomic E-state index is 0.103. The summed E-state index contributed by atoms with van der Waals surface area (Å²) in [7, 11) is 0. The van der Waals surface area contributed by atoms with Crippen LogP contribution in [-0.2, 0) is 5.41 Å². The zero-order valence-corrected chi connectivity index (χ0v) is 9.77. The van der Waals surface area contributed by atoms with E-state index in [1.165, 1.54) is 36.8 Å². The van der Waals surface area contributed by atoms with Gasteiger partial charge in [0.25, 0.3) is 0 Å². The second-order valence-electron chi connectivity index (χ2n) is 5.20. The van der Waals surface area contributed by atoms with Gasteiger partial charge in [-0.15, -0.1) is 0 Å². The molecule has 0 amide bonds. The van der Waals surface area contributed by atoms with Crippen molar-refractivity contribution in [3.63, 3.8) is 0 Å². The maximum Gasteiger partial charge on any atom is 0.0408 e. The molecule has 0 bridgehead atoms. The van der Waals surface area contributed by atoms with Crippen LogP contribution in [0.5, 0.6) is 0 Å². The van der Waals surface area contributed by atoms with Gasteiger partial charge in [-0.2, -0.15) is 0 Å². The highest BCUT2D eigenvalue weighted by Gasteiger charge is 2.64. The van der Waals surface area contributed by atoms with Crippen molar-refractivity contribution in [2.24, 2.45) is 5.73 Å². The fourth-order valence-corrected chi connectivity index (χ4v) is 3.16. The van der Waals surface area contributed by atoms with Crippen molar-refractivity contribution in [3.05, 3.63) is 34.3 Å². The van der Waals surface area contributed by atoms with Gasteiger partial charge in [0.15, 0.2) is 0 Å². The summed E-state index contributed by atoms with van der Waals surface area (Å²) < 4.78 is 0. The Morgan fingerprint density at radius 1 is 1.20 bits per heavy atom. The van der Waals surface area contributed by atoms with Crippen LogP contribution in [0.25, 0.3) is 0 Å². The van der Waals surface area contributed by atoms with Gasteiger partial charge in [-0.25, -0.2) is 0 Å². The summed E-state index contributed by atoms with van der Waals surface area (Å²) in [5.41, 5.74) is 9.53. The van der Waals surface area contributed by atoms with E-state index in [9.17, 15) is 0 Å². The Kier molecular flexibility index (Phi) is 1.79. The molecule has 0 aliphatic heterocycles. The van der Waals surface area contributed by atoms with Crippen LogP contribution >= 0.6 is 11.6 Å². The van der Waals surface area contributed by atoms with Crippen LogP contribution in [0.4, 0.5) is 0 Å². The molecule has 0 heterocycles. The Labute approximate surface area is 95.6 Å². The van der Waals surface area contributed by atoms with Gasteiger partial charge in [0.2, 0.25) is 0 Å². The third kappa shape index (κ3) is 1.26. The van der Waals surface area contributed by atoms with Crippen molar-refractivity contribution in [3.8, 4) is 0 Å². The minimum atomic E-state index is 0.103. The molecule has 1 nitrogen and oxygen atoms in total. The number of rotatable bonds is 2. The van der Waals surface area contributed by atoms with Gasteiger partial charge in [-0.3, -0.25) is 0 Å². The highest BCUT2D eigenvalue weighted by molar-refractivity contribution is 6.30. The van der Waals surface area contributed by atoms with E-state index in [4.69, 9.17) is 17.3 Å². The Balaban J connectivity index is 2.06. The molecule has 0 unspecified atom stereocenters. The van der Waals surface area contributed by atoms with E-state index in [2.05, 4.69) is 19.1 Å². The van der Waals surface area contributed by atoms with E-state index >= 15 is 0 Å². The van der Waals surface area contributed by atoms with Gasteiger partial charge >= 0.3 is 0 Å². The largest absolute Gasteiger partial charge is 0.324 e. The fourth-order valence-electron chi connectivity index (χ4n) is 2.94. The second kappa shape index (κ2) is 2.78. The average Bonchev–Trinajstić information content (AvgIpc) is 3.01. The molecular weight excluding hydrogens is 206 g/mol. The summed E-state index contributed by atoms with van der Waals surface area (Å²) in [5.74, 6) is 0. The summed E-state index contributed by atoms with van der Waals surface area (Å²) in [6.45, 7) is 2.15. The number of aryl methyl sites for hydroxylation is 1. The molecule has 2 aliphatic carbocycles. The van der Waals surface area contributed by atoms with Crippen molar-refractivity contribution in [1.29, 1.82) is 0 Å². The smallest absolute Gasteiger partial charge is 0.0408 e. The lowest BCUT2D eigenvalue weighted by Gasteiger charge is -2.25. The minimum Gasteiger partial charge on any atom is -0.324 e. The number of benzene rings is 1. The SMILES string of the molecule is Cc1cc(Cl)ccc1C1(C2(N)CC2)CC1. The Morgan fingerprint density at radius 3 is 2.33 bits per heavy atom. The van der Waals surface area contributed by atoms with Crippen molar-refractivity contribution in [2.45, 2.75) is 43.6 Å². The molecule has 80 valence electrons. The van der Waals surface area contributed by atoms with E-state index in [1.807, 2.05) is 6.07 Å². The first-order valence-electron chi connectivity index (χ1n) is 5.63. The quantitative estimate of drug-likeness (QED) is 0.816. The molecule has 0 saturated heterocycles. The normalized spacial score (nSPS) is 25.0. The van der Waals surface area contributed by atoms with E-state index in [0.717, 1.165) is 5.02 Å². The van der Waals surface area contributed by atoms with E-state index in [-0.39, 0.29) is 5.54 Å². The molecule has 2 fully saturated rings. The number of hydrogen-bond acceptors (Lipinski definition) is 1. The maximum atomic E-state index is 6.39. The van der Waals surface area contributed by atoms with Crippen LogP contribution in [0.3, 0.4) is 0 Å². The van der Waals surface area contributed by atoms with Crippen LogP contribution in [0.1, 0.15) is 36.8 Å². The molecule has 0 radical (unpaired) electrons. The van der Waals surface area contributed by atoms with Crippen LogP contribution in [-0.4, -0.2) is 5.54 Å². The molecule has 1 aromatic rings. The van der Waals surface area contributed by atoms with Gasteiger partial charge < -0.3 is 5.73 Å². The number of halogens is 1. The van der Waals surface area contributed by atoms with Crippen molar-refractivity contribution in [1.82, 2.24) is 0 Å². The first kappa shape index (κ1) is 9.68. The van der Waals surface area contributed by atoms with Gasteiger partial charge in [0.1, 0.15) is 0 Å². The predicted molar refractivity (Wildman–Crippen MR) is 63.3 cm³/mol. The molecular formula is C13H16ClN. The van der Waals surface area contributed by atoms with E-state index in [0.29, 0.717) is 5.41 Å². The zero-order valence-electron chi connectivity index (χ0n) is 9.02. The Morgan fingerprint density at radius 2 is 1.87 bits per heavy atom. The van der Waals surface area contributed by atoms with Gasteiger partial charge in [0, 0.05) is 16.0 Å². The zero-order chi connectivity index (χ0) is 10.7. The lowest BCUT2D eigenvalue weighted by Crippen LogP contribution is -2.37. The summed E-state index contributed by atoms with van der Waals surface area (Å²) in [6, 6.07) is 6.23. The standard InChI is InChI=1S/C13H16ClN/c1-9-8-10(14)2-3-11(9)12(4-5-12)13(15)6-7-13/h2-3,8H,4-7,15H2,1H3. The summed E-state index contributed by atoms with van der Waals surface area (Å²) in [5, 5.41) is 0.828. The van der Waals surface area contributed by atoms with Crippen LogP contribution in [0, 0.1) is 6.92 Å². The number of hydrogen-bond donors (Lipinski definition) is 1. The summed E-state index contributed by atoms with van der Waals surface area (Å²) in [6.07, 6.45) is 4.89. The highest BCUT2D eigenvalue weighted by Crippen LogP contribution is 2.64. The molecule has 1 aromatic carbocycles. The van der Waals surface area contributed by atoms with Crippen LogP contribution < -0.4 is 5.73 Å². The fraction of sp³-hybridized carbons (Fsp3) is 0.538. The third-order valence-electron chi connectivity index (χ3n) is 4.20. The predicted octanol–water partition coefficient (Wildman–Crippen LogP) is 3.17. The van der Waals surface area contributed by atoms with Crippen LogP contribution in [0.15, 0.2) is 18.2 Å². The first-order valence-corrected chi connectivity index (χ1v) is 6.01. The van der Waals surface area contributed by atoms with Gasteiger partial charge in [-0.05, 0) is 55.9 Å². The lowest BCUT2D eigenvalue weighted by atomic mass is 9.84. The van der Waals surface area contributed by atoms with Gasteiger partial charge in [-0.1, -0.05) is 17.7 Å². The third-order valence-corrected chi connectivity index (χ3v) is 4.43. The summed E-state index contributed by atoms with van der Waals surface area (Å²) in [4.78, 5) is 0. The topological polar surface area (TPSA) is 26.0 Å². The Hall–Kier alpha value is -0.530. The molecule has 2 N–H and O–H groups in total. The highest BCUT2D eigenvalue weighted by atomic mass is 35.5. The molecule has 2 saturated carbocycles. The van der Waals surface area contributed by atoms with Crippen molar-refractivity contribution < 1.29 is 0 Å². The molecule has 3 rings (SSSR count). The second-order valence-corrected chi connectivity index (χ2v) is 5.63. The average molecular weight is 222 g/mol. The summed E-state index contributed by atoms with van der Waals surface area (Å²) >= 11 is 5.99. The monoisotopic (exact) mass is 221 g/mol. The van der Waals surface area contributed by atoms with Crippen LogP contribution in [0.2, 0.25) is 5.02 Å². The molecule has 2 heteroatoms. The van der Waals surface area contributed by atoms with Gasteiger partial charge in [0.05, 0.1) is 0 Å². The molecule has 0 spiro atoms. The van der Waals surface area contributed by atoms with Crippen molar-refractivity contribution >= 4 is 11.6 Å². The molecule has 0 aromatic heterocycles. The van der Waals surface area contributed by atoms with E-state index in [1.54, 1.807) is 0 Å². The molecule has 15 heavy (non-hydrogen) atoms. The maximum absolute atomic E-state index is 6.39. The molecule has 0 atom stereocenters. The number of nitrogens with two attached hydrogens (primary N) is 1.